The number of nitrogens with two attached hydrogens (primary N) is 1. The third-order valence-electron chi connectivity index (χ3n) is 2.58. The zero-order valence-corrected chi connectivity index (χ0v) is 10.2. The Hall–Kier alpha value is -2.96. The highest BCUT2D eigenvalue weighted by molar-refractivity contribution is 6.06. The van der Waals surface area contributed by atoms with E-state index >= 15 is 0 Å². The minimum atomic E-state index is -0.606. The summed E-state index contributed by atoms with van der Waals surface area (Å²) >= 11 is 0. The Morgan fingerprint density at radius 3 is 2.70 bits per heavy atom. The zero-order valence-electron chi connectivity index (χ0n) is 10.2. The largest absolute Gasteiger partial charge is 0.397 e. The van der Waals surface area contributed by atoms with Crippen LogP contribution < -0.4 is 11.1 Å². The number of hydrogen-bond acceptors (Lipinski definition) is 4. The average molecular weight is 275 g/mol. The number of carbonyl (C=O) groups is 1. The molecule has 2 aromatic carbocycles. The Balaban J connectivity index is 2.26. The highest BCUT2D eigenvalue weighted by Gasteiger charge is 2.13. The molecule has 0 heterocycles. The van der Waals surface area contributed by atoms with Crippen LogP contribution in [-0.4, -0.2) is 10.8 Å². The maximum Gasteiger partial charge on any atom is 0.270 e. The number of carbonyl (C=O) groups excluding carboxylic acids is 1. The van der Waals surface area contributed by atoms with Gasteiger partial charge in [0.05, 0.1) is 16.3 Å². The molecule has 0 radical (unpaired) electrons. The van der Waals surface area contributed by atoms with Crippen molar-refractivity contribution in [2.75, 3.05) is 11.1 Å². The van der Waals surface area contributed by atoms with E-state index in [4.69, 9.17) is 5.73 Å². The molecule has 0 spiro atoms. The second-order valence-electron chi connectivity index (χ2n) is 3.99. The summed E-state index contributed by atoms with van der Waals surface area (Å²) in [6.07, 6.45) is 0. The van der Waals surface area contributed by atoms with Gasteiger partial charge < -0.3 is 11.1 Å². The van der Waals surface area contributed by atoms with Gasteiger partial charge in [-0.25, -0.2) is 4.39 Å². The van der Waals surface area contributed by atoms with Crippen LogP contribution in [0.3, 0.4) is 0 Å². The molecule has 2 aromatic rings. The molecular formula is C13H10FN3O3. The van der Waals surface area contributed by atoms with E-state index in [0.29, 0.717) is 0 Å². The fourth-order valence-corrected chi connectivity index (χ4v) is 1.59. The van der Waals surface area contributed by atoms with Gasteiger partial charge >= 0.3 is 0 Å². The number of amides is 1. The molecule has 2 rings (SSSR count). The lowest BCUT2D eigenvalue weighted by Gasteiger charge is -2.08. The molecule has 0 aromatic heterocycles. The van der Waals surface area contributed by atoms with Crippen LogP contribution in [0.15, 0.2) is 42.5 Å². The first-order valence-electron chi connectivity index (χ1n) is 5.58. The van der Waals surface area contributed by atoms with Crippen LogP contribution in [0.5, 0.6) is 0 Å². The fourth-order valence-electron chi connectivity index (χ4n) is 1.59. The van der Waals surface area contributed by atoms with E-state index in [1.54, 1.807) is 0 Å². The predicted molar refractivity (Wildman–Crippen MR) is 71.9 cm³/mol. The average Bonchev–Trinajstić information content (AvgIpc) is 2.43. The van der Waals surface area contributed by atoms with Crippen molar-refractivity contribution >= 4 is 23.0 Å². The van der Waals surface area contributed by atoms with Crippen molar-refractivity contribution in [3.63, 3.8) is 0 Å². The minimum Gasteiger partial charge on any atom is -0.397 e. The molecule has 0 aliphatic rings. The molecule has 0 saturated heterocycles. The van der Waals surface area contributed by atoms with Crippen molar-refractivity contribution in [3.8, 4) is 0 Å². The first kappa shape index (κ1) is 13.5. The van der Waals surface area contributed by atoms with Crippen LogP contribution in [-0.2, 0) is 0 Å². The third-order valence-corrected chi connectivity index (χ3v) is 2.58. The summed E-state index contributed by atoms with van der Waals surface area (Å²) in [5.41, 5.74) is 5.80. The lowest BCUT2D eigenvalue weighted by Crippen LogP contribution is -2.13. The quantitative estimate of drug-likeness (QED) is 0.511. The number of nitrogens with zero attached hydrogens (tertiary/aromatic N) is 1. The van der Waals surface area contributed by atoms with Crippen LogP contribution in [0.2, 0.25) is 0 Å². The van der Waals surface area contributed by atoms with Crippen molar-refractivity contribution in [2.45, 2.75) is 0 Å². The Bertz CT molecular complexity index is 688. The van der Waals surface area contributed by atoms with E-state index in [2.05, 4.69) is 5.32 Å². The number of non-ortho nitro benzene ring substituents is 1. The normalized spacial score (nSPS) is 10.1. The molecule has 0 aliphatic heterocycles. The van der Waals surface area contributed by atoms with Gasteiger partial charge in [-0.05, 0) is 24.3 Å². The number of hydrogen-bond donors (Lipinski definition) is 2. The number of benzene rings is 2. The van der Waals surface area contributed by atoms with Gasteiger partial charge in [-0.2, -0.15) is 0 Å². The molecule has 6 nitrogen and oxygen atoms in total. The SMILES string of the molecule is Nc1ccc(F)cc1NC(=O)c1cccc([N+](=O)[O-])c1. The summed E-state index contributed by atoms with van der Waals surface area (Å²) in [7, 11) is 0. The molecule has 102 valence electrons. The Kier molecular flexibility index (Phi) is 3.60. The first-order chi connectivity index (χ1) is 9.47. The number of halogens is 1. The number of rotatable bonds is 3. The molecule has 1 amide bonds. The molecule has 7 heteroatoms. The molecule has 0 aliphatic carbocycles. The number of anilines is 2. The predicted octanol–water partition coefficient (Wildman–Crippen LogP) is 2.57. The van der Waals surface area contributed by atoms with Gasteiger partial charge in [0.15, 0.2) is 0 Å². The molecule has 20 heavy (non-hydrogen) atoms. The van der Waals surface area contributed by atoms with Crippen molar-refractivity contribution in [1.82, 2.24) is 0 Å². The van der Waals surface area contributed by atoms with Crippen LogP contribution >= 0.6 is 0 Å². The highest BCUT2D eigenvalue weighted by Crippen LogP contribution is 2.21. The van der Waals surface area contributed by atoms with Crippen molar-refractivity contribution in [2.24, 2.45) is 0 Å². The van der Waals surface area contributed by atoms with E-state index in [1.807, 2.05) is 0 Å². The second-order valence-corrected chi connectivity index (χ2v) is 3.99. The van der Waals surface area contributed by atoms with Gasteiger partial charge in [0.1, 0.15) is 5.82 Å². The Morgan fingerprint density at radius 1 is 1.25 bits per heavy atom. The van der Waals surface area contributed by atoms with E-state index in [0.717, 1.165) is 12.1 Å². The monoisotopic (exact) mass is 275 g/mol. The summed E-state index contributed by atoms with van der Waals surface area (Å²) in [4.78, 5) is 22.0. The van der Waals surface area contributed by atoms with Crippen molar-refractivity contribution in [3.05, 3.63) is 64.0 Å². The smallest absolute Gasteiger partial charge is 0.270 e. The fraction of sp³-hybridized carbons (Fsp3) is 0. The summed E-state index contributed by atoms with van der Waals surface area (Å²) < 4.78 is 13.1. The lowest BCUT2D eigenvalue weighted by molar-refractivity contribution is -0.384. The molecule has 0 bridgehead atoms. The van der Waals surface area contributed by atoms with Gasteiger partial charge in [0.2, 0.25) is 0 Å². The van der Waals surface area contributed by atoms with Gasteiger partial charge in [-0.1, -0.05) is 6.07 Å². The van der Waals surface area contributed by atoms with E-state index < -0.39 is 16.6 Å². The van der Waals surface area contributed by atoms with Crippen LogP contribution in [0.25, 0.3) is 0 Å². The first-order valence-corrected chi connectivity index (χ1v) is 5.58. The van der Waals surface area contributed by atoms with Gasteiger partial charge in [-0.3, -0.25) is 14.9 Å². The molecular weight excluding hydrogens is 265 g/mol. The second kappa shape index (κ2) is 5.35. The minimum absolute atomic E-state index is 0.0860. The van der Waals surface area contributed by atoms with Gasteiger partial charge in [0.25, 0.3) is 11.6 Å². The summed E-state index contributed by atoms with van der Waals surface area (Å²) in [5.74, 6) is -1.15. The molecule has 0 unspecified atom stereocenters. The van der Waals surface area contributed by atoms with E-state index in [1.165, 1.54) is 30.3 Å². The van der Waals surface area contributed by atoms with Crippen LogP contribution in [0.1, 0.15) is 10.4 Å². The van der Waals surface area contributed by atoms with E-state index in [9.17, 15) is 19.3 Å². The summed E-state index contributed by atoms with van der Waals surface area (Å²) in [6.45, 7) is 0. The molecule has 0 atom stereocenters. The summed E-state index contributed by atoms with van der Waals surface area (Å²) in [6, 6.07) is 8.76. The van der Waals surface area contributed by atoms with Crippen LogP contribution in [0, 0.1) is 15.9 Å². The molecule has 0 fully saturated rings. The highest BCUT2D eigenvalue weighted by atomic mass is 19.1. The lowest BCUT2D eigenvalue weighted by atomic mass is 10.2. The van der Waals surface area contributed by atoms with E-state index in [-0.39, 0.29) is 22.6 Å². The Morgan fingerprint density at radius 2 is 2.00 bits per heavy atom. The summed E-state index contributed by atoms with van der Waals surface area (Å²) in [5, 5.41) is 13.0. The number of nitrogens with one attached hydrogen (secondary N) is 1. The van der Waals surface area contributed by atoms with Crippen molar-refractivity contribution < 1.29 is 14.1 Å². The van der Waals surface area contributed by atoms with Gasteiger partial charge in [-0.15, -0.1) is 0 Å². The zero-order chi connectivity index (χ0) is 14.7. The third kappa shape index (κ3) is 2.89. The maximum absolute atomic E-state index is 13.1. The molecule has 0 saturated carbocycles. The van der Waals surface area contributed by atoms with Crippen LogP contribution in [0.4, 0.5) is 21.5 Å². The standard InChI is InChI=1S/C13H10FN3O3/c14-9-4-5-11(15)12(7-9)16-13(18)8-2-1-3-10(6-8)17(19)20/h1-7H,15H2,(H,16,18). The maximum atomic E-state index is 13.1. The van der Waals surface area contributed by atoms with Gasteiger partial charge in [0, 0.05) is 17.7 Å². The van der Waals surface area contributed by atoms with Crippen molar-refractivity contribution in [1.29, 1.82) is 0 Å². The number of nitro benzene ring substituents is 1. The topological polar surface area (TPSA) is 98.3 Å². The Labute approximate surface area is 113 Å². The number of nitro groups is 1. The number of nitrogen functional groups attached to an aromatic ring is 1. The molecule has 3 N–H and O–H groups in total.